The number of nitrogens with one attached hydrogen (secondary N) is 2. The van der Waals surface area contributed by atoms with Crippen LogP contribution in [-0.2, 0) is 6.42 Å². The molecular formula is C16H21FN4S2. The Labute approximate surface area is 144 Å². The maximum Gasteiger partial charge on any atom is 0.190 e. The fourth-order valence-electron chi connectivity index (χ4n) is 1.96. The molecule has 0 amide bonds. The highest BCUT2D eigenvalue weighted by molar-refractivity contribution is 8.00. The third kappa shape index (κ3) is 7.00. The molecule has 1 aromatic heterocycles. The quantitative estimate of drug-likeness (QED) is 0.332. The van der Waals surface area contributed by atoms with Crippen LogP contribution in [0.25, 0.3) is 0 Å². The average molecular weight is 353 g/mol. The summed E-state index contributed by atoms with van der Waals surface area (Å²) in [4.78, 5) is 8.43. The van der Waals surface area contributed by atoms with Crippen molar-refractivity contribution in [3.63, 3.8) is 0 Å². The molecule has 0 aliphatic heterocycles. The Morgan fingerprint density at radius 1 is 1.35 bits per heavy atom. The summed E-state index contributed by atoms with van der Waals surface area (Å²) >= 11 is 3.44. The standard InChI is InChI=1S/C16H21FN4S2/c1-18-15(19-7-3-10-22-16-21-9-11-23-16)20-8-6-13-4-2-5-14(17)12-13/h2,4-5,9,11-12H,3,6-8,10H2,1H3,(H2,18,19,20). The lowest BCUT2D eigenvalue weighted by molar-refractivity contribution is 0.625. The van der Waals surface area contributed by atoms with Crippen LogP contribution >= 0.6 is 23.1 Å². The van der Waals surface area contributed by atoms with Gasteiger partial charge in [0.1, 0.15) is 10.2 Å². The first-order valence-corrected chi connectivity index (χ1v) is 9.35. The lowest BCUT2D eigenvalue weighted by Crippen LogP contribution is -2.38. The molecule has 7 heteroatoms. The fourth-order valence-corrected chi connectivity index (χ4v) is 3.61. The van der Waals surface area contributed by atoms with Gasteiger partial charge in [-0.25, -0.2) is 9.37 Å². The van der Waals surface area contributed by atoms with E-state index in [2.05, 4.69) is 20.6 Å². The van der Waals surface area contributed by atoms with Gasteiger partial charge in [-0.15, -0.1) is 11.3 Å². The van der Waals surface area contributed by atoms with Crippen LogP contribution in [-0.4, -0.2) is 36.8 Å². The van der Waals surface area contributed by atoms with Gasteiger partial charge < -0.3 is 10.6 Å². The molecule has 0 atom stereocenters. The van der Waals surface area contributed by atoms with Gasteiger partial charge in [0.25, 0.3) is 0 Å². The molecule has 0 aliphatic carbocycles. The number of benzene rings is 1. The third-order valence-electron chi connectivity index (χ3n) is 3.07. The van der Waals surface area contributed by atoms with Crippen LogP contribution < -0.4 is 10.6 Å². The lowest BCUT2D eigenvalue weighted by atomic mass is 10.1. The highest BCUT2D eigenvalue weighted by Gasteiger charge is 2.00. The molecule has 2 rings (SSSR count). The van der Waals surface area contributed by atoms with E-state index < -0.39 is 0 Å². The highest BCUT2D eigenvalue weighted by Crippen LogP contribution is 2.20. The van der Waals surface area contributed by atoms with E-state index in [9.17, 15) is 4.39 Å². The summed E-state index contributed by atoms with van der Waals surface area (Å²) in [5, 5.41) is 8.51. The Morgan fingerprint density at radius 3 is 2.96 bits per heavy atom. The molecule has 0 saturated carbocycles. The Hall–Kier alpha value is -1.60. The molecule has 1 aromatic carbocycles. The lowest BCUT2D eigenvalue weighted by Gasteiger charge is -2.11. The summed E-state index contributed by atoms with van der Waals surface area (Å²) < 4.78 is 14.2. The molecule has 2 N–H and O–H groups in total. The van der Waals surface area contributed by atoms with Crippen LogP contribution in [0, 0.1) is 5.82 Å². The molecule has 4 nitrogen and oxygen atoms in total. The number of guanidine groups is 1. The van der Waals surface area contributed by atoms with Crippen LogP contribution in [0.4, 0.5) is 4.39 Å². The van der Waals surface area contributed by atoms with E-state index in [1.807, 2.05) is 17.6 Å². The van der Waals surface area contributed by atoms with Crippen molar-refractivity contribution in [2.75, 3.05) is 25.9 Å². The minimum atomic E-state index is -0.192. The number of hydrogen-bond donors (Lipinski definition) is 2. The minimum Gasteiger partial charge on any atom is -0.356 e. The van der Waals surface area contributed by atoms with Gasteiger partial charge in [0, 0.05) is 37.5 Å². The number of thioether (sulfide) groups is 1. The number of aliphatic imine (C=N–C) groups is 1. The maximum atomic E-state index is 13.1. The van der Waals surface area contributed by atoms with E-state index in [0.29, 0.717) is 0 Å². The van der Waals surface area contributed by atoms with Crippen molar-refractivity contribution in [2.24, 2.45) is 4.99 Å². The van der Waals surface area contributed by atoms with Gasteiger partial charge in [0.2, 0.25) is 0 Å². The van der Waals surface area contributed by atoms with Crippen molar-refractivity contribution in [2.45, 2.75) is 17.2 Å². The van der Waals surface area contributed by atoms with E-state index in [-0.39, 0.29) is 5.82 Å². The molecule has 124 valence electrons. The molecule has 0 unspecified atom stereocenters. The smallest absolute Gasteiger partial charge is 0.190 e. The molecule has 23 heavy (non-hydrogen) atoms. The minimum absolute atomic E-state index is 0.192. The second-order valence-electron chi connectivity index (χ2n) is 4.81. The van der Waals surface area contributed by atoms with E-state index in [4.69, 9.17) is 0 Å². The van der Waals surface area contributed by atoms with Gasteiger partial charge in [-0.05, 0) is 30.5 Å². The molecular weight excluding hydrogens is 331 g/mol. The van der Waals surface area contributed by atoms with Gasteiger partial charge in [0.15, 0.2) is 5.96 Å². The number of rotatable bonds is 8. The first-order chi connectivity index (χ1) is 11.3. The van der Waals surface area contributed by atoms with Gasteiger partial charge >= 0.3 is 0 Å². The predicted octanol–water partition coefficient (Wildman–Crippen LogP) is 3.17. The van der Waals surface area contributed by atoms with E-state index in [1.54, 1.807) is 42.3 Å². The van der Waals surface area contributed by atoms with Gasteiger partial charge in [-0.1, -0.05) is 23.9 Å². The largest absolute Gasteiger partial charge is 0.356 e. The molecule has 0 radical (unpaired) electrons. The predicted molar refractivity (Wildman–Crippen MR) is 96.9 cm³/mol. The Kier molecular flexibility index (Phi) is 7.89. The fraction of sp³-hybridized carbons (Fsp3) is 0.375. The first kappa shape index (κ1) is 17.7. The summed E-state index contributed by atoms with van der Waals surface area (Å²) in [6.07, 6.45) is 3.63. The van der Waals surface area contributed by atoms with Crippen molar-refractivity contribution < 1.29 is 4.39 Å². The second-order valence-corrected chi connectivity index (χ2v) is 7.04. The van der Waals surface area contributed by atoms with Crippen LogP contribution in [0.5, 0.6) is 0 Å². The van der Waals surface area contributed by atoms with Crippen molar-refractivity contribution >= 4 is 29.1 Å². The summed E-state index contributed by atoms with van der Waals surface area (Å²) in [7, 11) is 1.75. The Morgan fingerprint density at radius 2 is 2.22 bits per heavy atom. The number of nitrogens with zero attached hydrogens (tertiary/aromatic N) is 2. The molecule has 0 fully saturated rings. The number of hydrogen-bond acceptors (Lipinski definition) is 4. The van der Waals surface area contributed by atoms with Gasteiger partial charge in [0.05, 0.1) is 0 Å². The molecule has 0 spiro atoms. The summed E-state index contributed by atoms with van der Waals surface area (Å²) in [6.45, 7) is 1.58. The van der Waals surface area contributed by atoms with Crippen LogP contribution in [0.15, 0.2) is 45.2 Å². The second kappa shape index (κ2) is 10.2. The topological polar surface area (TPSA) is 49.3 Å². The molecule has 0 bridgehead atoms. The number of thiazole rings is 1. The SMILES string of the molecule is CN=C(NCCCSc1nccs1)NCCc1cccc(F)c1. The zero-order valence-electron chi connectivity index (χ0n) is 13.1. The van der Waals surface area contributed by atoms with E-state index >= 15 is 0 Å². The van der Waals surface area contributed by atoms with Crippen LogP contribution in [0.3, 0.4) is 0 Å². The van der Waals surface area contributed by atoms with E-state index in [1.165, 1.54) is 6.07 Å². The number of aromatic nitrogens is 1. The maximum absolute atomic E-state index is 13.1. The van der Waals surface area contributed by atoms with E-state index in [0.717, 1.165) is 47.5 Å². The zero-order chi connectivity index (χ0) is 16.3. The first-order valence-electron chi connectivity index (χ1n) is 7.49. The Bertz CT molecular complexity index is 602. The normalized spacial score (nSPS) is 11.5. The van der Waals surface area contributed by atoms with Crippen molar-refractivity contribution in [3.8, 4) is 0 Å². The number of halogens is 1. The third-order valence-corrected chi connectivity index (χ3v) is 5.12. The molecule has 2 aromatic rings. The average Bonchev–Trinajstić information content (AvgIpc) is 3.06. The van der Waals surface area contributed by atoms with Crippen LogP contribution in [0.1, 0.15) is 12.0 Å². The van der Waals surface area contributed by atoms with Crippen molar-refractivity contribution in [3.05, 3.63) is 47.2 Å². The summed E-state index contributed by atoms with van der Waals surface area (Å²) in [6, 6.07) is 6.68. The van der Waals surface area contributed by atoms with Crippen molar-refractivity contribution in [1.82, 2.24) is 15.6 Å². The van der Waals surface area contributed by atoms with Gasteiger partial charge in [-0.2, -0.15) is 0 Å². The molecule has 0 aliphatic rings. The zero-order valence-corrected chi connectivity index (χ0v) is 14.7. The summed E-state index contributed by atoms with van der Waals surface area (Å²) in [5.41, 5.74) is 0.979. The Balaban J connectivity index is 1.58. The molecule has 1 heterocycles. The molecule has 0 saturated heterocycles. The monoisotopic (exact) mass is 352 g/mol. The van der Waals surface area contributed by atoms with Crippen LogP contribution in [0.2, 0.25) is 0 Å². The van der Waals surface area contributed by atoms with Gasteiger partial charge in [-0.3, -0.25) is 4.99 Å². The van der Waals surface area contributed by atoms with Crippen molar-refractivity contribution in [1.29, 1.82) is 0 Å². The highest BCUT2D eigenvalue weighted by atomic mass is 32.2. The summed E-state index contributed by atoms with van der Waals surface area (Å²) in [5.74, 6) is 1.62.